The van der Waals surface area contributed by atoms with E-state index in [-0.39, 0.29) is 34.7 Å². The number of fused-ring (bicyclic) bond motifs is 1. The Labute approximate surface area is 197 Å². The lowest BCUT2D eigenvalue weighted by atomic mass is 10.0. The monoisotopic (exact) mass is 473 g/mol. The number of halogens is 2. The predicted octanol–water partition coefficient (Wildman–Crippen LogP) is 3.80. The van der Waals surface area contributed by atoms with Crippen LogP contribution in [0.2, 0.25) is 5.15 Å². The molecule has 0 spiro atoms. The van der Waals surface area contributed by atoms with E-state index in [2.05, 4.69) is 39.1 Å². The van der Waals surface area contributed by atoms with E-state index < -0.39 is 11.5 Å². The van der Waals surface area contributed by atoms with Gasteiger partial charge in [-0.3, -0.25) is 0 Å². The number of rotatable bonds is 4. The molecule has 1 aliphatic heterocycles. The van der Waals surface area contributed by atoms with Crippen LogP contribution >= 0.6 is 11.6 Å². The Morgan fingerprint density at radius 2 is 1.64 bits per heavy atom. The molecule has 1 saturated heterocycles. The van der Waals surface area contributed by atoms with Crippen molar-refractivity contribution in [3.63, 3.8) is 0 Å². The number of pyridine rings is 1. The van der Waals surface area contributed by atoms with Crippen LogP contribution < -0.4 is 15.9 Å². The minimum Gasteiger partial charge on any atom is -0.353 e. The molecular weight excluding hydrogens is 445 g/mol. The normalized spacial score (nSPS) is 19.2. The minimum absolute atomic E-state index is 0.00733. The van der Waals surface area contributed by atoms with Crippen LogP contribution in [-0.2, 0) is 0 Å². The lowest BCUT2D eigenvalue weighted by Crippen LogP contribution is -2.55. The Hall–Kier alpha value is -2.65. The first-order valence-electron chi connectivity index (χ1n) is 11.2. The van der Waals surface area contributed by atoms with E-state index in [1.165, 1.54) is 17.0 Å². The number of nitrogens with zero attached hydrogens (tertiary/aromatic N) is 6. The van der Waals surface area contributed by atoms with Crippen LogP contribution in [0.3, 0.4) is 0 Å². The molecule has 2 unspecified atom stereocenters. The number of hydrogen-bond acceptors (Lipinski definition) is 7. The standard InChI is InChI=1S/C23H29ClFN7O/c1-11(2)17-19(18(12(3)4)27-10-26-17)32-22-15(7-16(25)20(24)29-22)21(30-23(32)33)31-8-13(5)28-14(6)9-31/h7,10-14,28H,8-9H2,1-6H3. The highest BCUT2D eigenvalue weighted by Crippen LogP contribution is 2.32. The van der Waals surface area contributed by atoms with Gasteiger partial charge in [-0.1, -0.05) is 39.3 Å². The second-order valence-corrected chi connectivity index (χ2v) is 9.72. The third-order valence-electron chi connectivity index (χ3n) is 5.81. The molecule has 0 aliphatic carbocycles. The fourth-order valence-corrected chi connectivity index (χ4v) is 4.64. The summed E-state index contributed by atoms with van der Waals surface area (Å²) in [4.78, 5) is 33.3. The molecule has 2 atom stereocenters. The van der Waals surface area contributed by atoms with Crippen LogP contribution in [0.5, 0.6) is 0 Å². The van der Waals surface area contributed by atoms with E-state index in [1.54, 1.807) is 0 Å². The summed E-state index contributed by atoms with van der Waals surface area (Å²) in [5, 5.41) is 3.58. The van der Waals surface area contributed by atoms with Crippen molar-refractivity contribution in [2.45, 2.75) is 65.5 Å². The van der Waals surface area contributed by atoms with Gasteiger partial charge in [0, 0.05) is 25.2 Å². The van der Waals surface area contributed by atoms with Gasteiger partial charge in [0.25, 0.3) is 0 Å². The van der Waals surface area contributed by atoms with E-state index in [1.807, 2.05) is 32.6 Å². The van der Waals surface area contributed by atoms with Crippen molar-refractivity contribution in [3.05, 3.63) is 45.2 Å². The first-order valence-corrected chi connectivity index (χ1v) is 11.6. The summed E-state index contributed by atoms with van der Waals surface area (Å²) in [7, 11) is 0. The molecule has 0 radical (unpaired) electrons. The van der Waals surface area contributed by atoms with Crippen molar-refractivity contribution in [1.82, 2.24) is 29.8 Å². The first kappa shape index (κ1) is 23.5. The average molecular weight is 474 g/mol. The van der Waals surface area contributed by atoms with E-state index in [4.69, 9.17) is 11.6 Å². The lowest BCUT2D eigenvalue weighted by Gasteiger charge is -2.37. The molecule has 1 aliphatic rings. The van der Waals surface area contributed by atoms with Gasteiger partial charge in [-0.25, -0.2) is 28.7 Å². The van der Waals surface area contributed by atoms with Gasteiger partial charge in [-0.05, 0) is 31.7 Å². The summed E-state index contributed by atoms with van der Waals surface area (Å²) in [5.74, 6) is -0.240. The van der Waals surface area contributed by atoms with Gasteiger partial charge in [0.05, 0.1) is 22.5 Å². The number of aromatic nitrogens is 5. The number of hydrogen-bond donors (Lipinski definition) is 1. The molecule has 3 aromatic heterocycles. The third-order valence-corrected chi connectivity index (χ3v) is 6.08. The third kappa shape index (κ3) is 4.31. The fraction of sp³-hybridized carbons (Fsp3) is 0.522. The van der Waals surface area contributed by atoms with E-state index >= 15 is 0 Å². The van der Waals surface area contributed by atoms with Gasteiger partial charge >= 0.3 is 5.69 Å². The van der Waals surface area contributed by atoms with Crippen LogP contribution in [0.1, 0.15) is 64.8 Å². The molecule has 0 amide bonds. The maximum atomic E-state index is 14.6. The molecule has 4 rings (SSSR count). The Bertz CT molecular complexity index is 1220. The summed E-state index contributed by atoms with van der Waals surface area (Å²) in [5.41, 5.74) is 1.64. The van der Waals surface area contributed by atoms with Gasteiger partial charge < -0.3 is 10.2 Å². The maximum Gasteiger partial charge on any atom is 0.355 e. The Balaban J connectivity index is 2.09. The molecule has 176 valence electrons. The number of piperazine rings is 1. The first-order chi connectivity index (χ1) is 15.6. The zero-order valence-electron chi connectivity index (χ0n) is 19.7. The van der Waals surface area contributed by atoms with Crippen LogP contribution in [-0.4, -0.2) is 49.7 Å². The molecule has 1 N–H and O–H groups in total. The topological polar surface area (TPSA) is 88.8 Å². The van der Waals surface area contributed by atoms with Crippen LogP contribution in [0.25, 0.3) is 16.7 Å². The second-order valence-electron chi connectivity index (χ2n) is 9.36. The quantitative estimate of drug-likeness (QED) is 0.576. The van der Waals surface area contributed by atoms with Gasteiger partial charge in [0.2, 0.25) is 0 Å². The fourth-order valence-electron chi connectivity index (χ4n) is 4.51. The molecule has 0 saturated carbocycles. The zero-order valence-corrected chi connectivity index (χ0v) is 20.5. The van der Waals surface area contributed by atoms with Crippen molar-refractivity contribution in [2.75, 3.05) is 18.0 Å². The summed E-state index contributed by atoms with van der Waals surface area (Å²) in [6, 6.07) is 1.68. The zero-order chi connectivity index (χ0) is 24.0. The molecule has 0 bridgehead atoms. The molecule has 8 nitrogen and oxygen atoms in total. The molecule has 0 aromatic carbocycles. The van der Waals surface area contributed by atoms with E-state index in [0.29, 0.717) is 41.4 Å². The van der Waals surface area contributed by atoms with Crippen molar-refractivity contribution in [3.8, 4) is 5.69 Å². The van der Waals surface area contributed by atoms with Gasteiger partial charge in [-0.2, -0.15) is 4.98 Å². The van der Waals surface area contributed by atoms with Gasteiger partial charge in [-0.15, -0.1) is 0 Å². The highest BCUT2D eigenvalue weighted by molar-refractivity contribution is 6.30. The van der Waals surface area contributed by atoms with Crippen LogP contribution in [0.4, 0.5) is 10.2 Å². The van der Waals surface area contributed by atoms with Crippen molar-refractivity contribution >= 4 is 28.5 Å². The molecule has 3 aromatic rings. The minimum atomic E-state index is -0.661. The largest absolute Gasteiger partial charge is 0.355 e. The maximum absolute atomic E-state index is 14.6. The SMILES string of the molecule is CC1CN(c2nc(=O)n(-c3c(C(C)C)ncnc3C(C)C)c3nc(Cl)c(F)cc23)CC(C)N1. The highest BCUT2D eigenvalue weighted by Gasteiger charge is 2.28. The van der Waals surface area contributed by atoms with Crippen molar-refractivity contribution in [2.24, 2.45) is 0 Å². The lowest BCUT2D eigenvalue weighted by molar-refractivity contribution is 0.405. The molecule has 1 fully saturated rings. The summed E-state index contributed by atoms with van der Waals surface area (Å²) in [6.07, 6.45) is 1.51. The van der Waals surface area contributed by atoms with Crippen molar-refractivity contribution < 1.29 is 4.39 Å². The molecule has 4 heterocycles. The Kier molecular flexibility index (Phi) is 6.37. The predicted molar refractivity (Wildman–Crippen MR) is 128 cm³/mol. The average Bonchev–Trinajstić information content (AvgIpc) is 2.73. The summed E-state index contributed by atoms with van der Waals surface area (Å²) < 4.78 is 16.0. The highest BCUT2D eigenvalue weighted by atomic mass is 35.5. The van der Waals surface area contributed by atoms with Gasteiger partial charge in [0.1, 0.15) is 12.1 Å². The molecule has 33 heavy (non-hydrogen) atoms. The van der Waals surface area contributed by atoms with E-state index in [9.17, 15) is 9.18 Å². The number of nitrogens with one attached hydrogen (secondary N) is 1. The Morgan fingerprint density at radius 1 is 1.06 bits per heavy atom. The van der Waals surface area contributed by atoms with E-state index in [0.717, 1.165) is 0 Å². The van der Waals surface area contributed by atoms with Crippen LogP contribution in [0, 0.1) is 5.82 Å². The Morgan fingerprint density at radius 3 is 2.18 bits per heavy atom. The molecular formula is C23H29ClFN7O. The van der Waals surface area contributed by atoms with Crippen molar-refractivity contribution in [1.29, 1.82) is 0 Å². The number of anilines is 1. The molecule has 10 heteroatoms. The second kappa shape index (κ2) is 8.95. The van der Waals surface area contributed by atoms with Crippen LogP contribution in [0.15, 0.2) is 17.2 Å². The summed E-state index contributed by atoms with van der Waals surface area (Å²) >= 11 is 6.11. The smallest absolute Gasteiger partial charge is 0.353 e. The van der Waals surface area contributed by atoms with Gasteiger partial charge in [0.15, 0.2) is 16.6 Å². The summed E-state index contributed by atoms with van der Waals surface area (Å²) in [6.45, 7) is 13.4.